The van der Waals surface area contributed by atoms with Crippen molar-refractivity contribution in [1.29, 1.82) is 0 Å². The quantitative estimate of drug-likeness (QED) is 0.699. The van der Waals surface area contributed by atoms with Crippen molar-refractivity contribution in [3.63, 3.8) is 0 Å². The number of thiophene rings is 1. The Morgan fingerprint density at radius 2 is 1.93 bits per heavy atom. The SMILES string of the molecule is COC(=O)NC(=O)c1c(NC(=O)c2nc3ccccc3s2)sc2c1CCC2. The van der Waals surface area contributed by atoms with Gasteiger partial charge in [0.15, 0.2) is 5.01 Å². The van der Waals surface area contributed by atoms with Gasteiger partial charge in [-0.2, -0.15) is 0 Å². The van der Waals surface area contributed by atoms with E-state index in [0.29, 0.717) is 15.6 Å². The van der Waals surface area contributed by atoms with Crippen LogP contribution in [0.15, 0.2) is 24.3 Å². The summed E-state index contributed by atoms with van der Waals surface area (Å²) in [7, 11) is 1.19. The third kappa shape index (κ3) is 3.31. The number of nitrogens with zero attached hydrogens (tertiary/aromatic N) is 1. The number of nitrogens with one attached hydrogen (secondary N) is 2. The lowest BCUT2D eigenvalue weighted by molar-refractivity contribution is 0.0937. The number of rotatable bonds is 3. The number of amides is 3. The number of fused-ring (bicyclic) bond motifs is 2. The van der Waals surface area contributed by atoms with Gasteiger partial charge in [0, 0.05) is 4.88 Å². The number of hydrogen-bond donors (Lipinski definition) is 2. The molecule has 2 aromatic heterocycles. The number of thiazole rings is 1. The lowest BCUT2D eigenvalue weighted by Gasteiger charge is -2.07. The zero-order chi connectivity index (χ0) is 19.0. The minimum absolute atomic E-state index is 0.323. The second-order valence-electron chi connectivity index (χ2n) is 5.95. The first-order chi connectivity index (χ1) is 13.1. The second-order valence-corrected chi connectivity index (χ2v) is 8.08. The molecule has 3 amide bonds. The van der Waals surface area contributed by atoms with Gasteiger partial charge in [-0.15, -0.1) is 22.7 Å². The van der Waals surface area contributed by atoms with E-state index < -0.39 is 12.0 Å². The number of anilines is 1. The van der Waals surface area contributed by atoms with Crippen LogP contribution in [0, 0.1) is 0 Å². The number of benzene rings is 1. The fourth-order valence-corrected chi connectivity index (χ4v) is 5.21. The van der Waals surface area contributed by atoms with Crippen LogP contribution in [-0.4, -0.2) is 30.0 Å². The first-order valence-electron chi connectivity index (χ1n) is 8.27. The summed E-state index contributed by atoms with van der Waals surface area (Å²) in [6.07, 6.45) is 1.72. The second kappa shape index (κ2) is 7.09. The minimum Gasteiger partial charge on any atom is -0.453 e. The standard InChI is InChI=1S/C18H15N3O4S2/c1-25-18(24)21-14(22)13-9-5-4-8-11(9)26-16(13)20-15(23)17-19-10-6-2-3-7-12(10)27-17/h2-3,6-7H,4-5,8H2,1H3,(H,20,23)(H,21,22,24). The molecule has 9 heteroatoms. The molecule has 0 fully saturated rings. The Morgan fingerprint density at radius 1 is 1.11 bits per heavy atom. The molecule has 1 aromatic carbocycles. The number of methoxy groups -OCH3 is 1. The van der Waals surface area contributed by atoms with Crippen LogP contribution in [0.2, 0.25) is 0 Å². The van der Waals surface area contributed by atoms with Crippen molar-refractivity contribution in [3.05, 3.63) is 45.3 Å². The molecule has 0 saturated heterocycles. The Labute approximate surface area is 162 Å². The summed E-state index contributed by atoms with van der Waals surface area (Å²) in [6, 6.07) is 7.50. The van der Waals surface area contributed by atoms with Crippen LogP contribution in [-0.2, 0) is 17.6 Å². The molecular formula is C18H15N3O4S2. The molecule has 0 unspecified atom stereocenters. The third-order valence-electron chi connectivity index (χ3n) is 4.26. The topological polar surface area (TPSA) is 97.4 Å². The predicted molar refractivity (Wildman–Crippen MR) is 104 cm³/mol. The largest absolute Gasteiger partial charge is 0.453 e. The van der Waals surface area contributed by atoms with Gasteiger partial charge in [0.05, 0.1) is 22.9 Å². The van der Waals surface area contributed by atoms with Gasteiger partial charge in [-0.3, -0.25) is 14.9 Å². The summed E-state index contributed by atoms with van der Waals surface area (Å²) < 4.78 is 5.42. The number of para-hydroxylation sites is 1. The van der Waals surface area contributed by atoms with Crippen LogP contribution in [0.4, 0.5) is 9.80 Å². The van der Waals surface area contributed by atoms with E-state index >= 15 is 0 Å². The molecule has 1 aliphatic carbocycles. The molecule has 7 nitrogen and oxygen atoms in total. The molecular weight excluding hydrogens is 386 g/mol. The van der Waals surface area contributed by atoms with Crippen molar-refractivity contribution in [3.8, 4) is 0 Å². The molecule has 2 heterocycles. The first kappa shape index (κ1) is 17.6. The molecule has 138 valence electrons. The van der Waals surface area contributed by atoms with E-state index in [4.69, 9.17) is 0 Å². The molecule has 27 heavy (non-hydrogen) atoms. The normalized spacial score (nSPS) is 12.6. The van der Waals surface area contributed by atoms with Crippen LogP contribution < -0.4 is 10.6 Å². The number of hydrogen-bond acceptors (Lipinski definition) is 7. The van der Waals surface area contributed by atoms with E-state index in [1.807, 2.05) is 24.3 Å². The fourth-order valence-electron chi connectivity index (χ4n) is 3.06. The summed E-state index contributed by atoms with van der Waals surface area (Å²) >= 11 is 2.66. The average molecular weight is 401 g/mol. The van der Waals surface area contributed by atoms with Crippen molar-refractivity contribution >= 4 is 55.8 Å². The fraction of sp³-hybridized carbons (Fsp3) is 0.222. The molecule has 3 aromatic rings. The van der Waals surface area contributed by atoms with E-state index in [0.717, 1.165) is 39.9 Å². The molecule has 0 bridgehead atoms. The first-order valence-corrected chi connectivity index (χ1v) is 9.91. The Morgan fingerprint density at radius 3 is 2.70 bits per heavy atom. The van der Waals surface area contributed by atoms with Crippen LogP contribution in [0.1, 0.15) is 37.0 Å². The number of aromatic nitrogens is 1. The minimum atomic E-state index is -0.832. The Balaban J connectivity index is 1.64. The number of aryl methyl sites for hydroxylation is 1. The summed E-state index contributed by atoms with van der Waals surface area (Å²) in [5.41, 5.74) is 1.98. The number of carbonyl (C=O) groups is 3. The van der Waals surface area contributed by atoms with Gasteiger partial charge >= 0.3 is 6.09 Å². The molecule has 0 radical (unpaired) electrons. The monoisotopic (exact) mass is 401 g/mol. The van der Waals surface area contributed by atoms with Gasteiger partial charge in [0.25, 0.3) is 11.8 Å². The Kier molecular flexibility index (Phi) is 4.63. The van der Waals surface area contributed by atoms with E-state index in [9.17, 15) is 14.4 Å². The van der Waals surface area contributed by atoms with E-state index in [2.05, 4.69) is 20.4 Å². The number of imide groups is 1. The van der Waals surface area contributed by atoms with Crippen molar-refractivity contribution in [2.45, 2.75) is 19.3 Å². The smallest absolute Gasteiger partial charge is 0.413 e. The van der Waals surface area contributed by atoms with Crippen LogP contribution in [0.5, 0.6) is 0 Å². The van der Waals surface area contributed by atoms with Crippen molar-refractivity contribution < 1.29 is 19.1 Å². The lowest BCUT2D eigenvalue weighted by Crippen LogP contribution is -2.31. The molecule has 4 rings (SSSR count). The van der Waals surface area contributed by atoms with E-state index in [-0.39, 0.29) is 5.91 Å². The molecule has 0 spiro atoms. The number of carbonyl (C=O) groups excluding carboxylic acids is 3. The van der Waals surface area contributed by atoms with E-state index in [1.54, 1.807) is 0 Å². The maximum atomic E-state index is 12.7. The average Bonchev–Trinajstić information content (AvgIpc) is 3.34. The zero-order valence-corrected chi connectivity index (χ0v) is 16.0. The van der Waals surface area contributed by atoms with Crippen molar-refractivity contribution in [1.82, 2.24) is 10.3 Å². The van der Waals surface area contributed by atoms with Crippen LogP contribution >= 0.6 is 22.7 Å². The third-order valence-corrected chi connectivity index (χ3v) is 6.51. The number of alkyl carbamates (subject to hydrolysis) is 1. The number of ether oxygens (including phenoxy) is 1. The highest BCUT2D eigenvalue weighted by Crippen LogP contribution is 2.39. The zero-order valence-electron chi connectivity index (χ0n) is 14.3. The van der Waals surface area contributed by atoms with Gasteiger partial charge in [-0.05, 0) is 37.0 Å². The highest BCUT2D eigenvalue weighted by Gasteiger charge is 2.29. The summed E-state index contributed by atoms with van der Waals surface area (Å²) in [5.74, 6) is -0.941. The maximum absolute atomic E-state index is 12.7. The molecule has 0 aliphatic heterocycles. The van der Waals surface area contributed by atoms with E-state index in [1.165, 1.54) is 29.8 Å². The van der Waals surface area contributed by atoms with Gasteiger partial charge in [-0.25, -0.2) is 9.78 Å². The highest BCUT2D eigenvalue weighted by atomic mass is 32.1. The van der Waals surface area contributed by atoms with Gasteiger partial charge in [0.1, 0.15) is 5.00 Å². The lowest BCUT2D eigenvalue weighted by atomic mass is 10.1. The molecule has 1 aliphatic rings. The Bertz CT molecular complexity index is 1040. The maximum Gasteiger partial charge on any atom is 0.413 e. The van der Waals surface area contributed by atoms with Crippen molar-refractivity contribution in [2.75, 3.05) is 12.4 Å². The molecule has 2 N–H and O–H groups in total. The Hall–Kier alpha value is -2.78. The molecule has 0 atom stereocenters. The van der Waals surface area contributed by atoms with Gasteiger partial charge < -0.3 is 10.1 Å². The van der Waals surface area contributed by atoms with Crippen LogP contribution in [0.3, 0.4) is 0 Å². The summed E-state index contributed by atoms with van der Waals surface area (Å²) in [6.45, 7) is 0. The van der Waals surface area contributed by atoms with Gasteiger partial charge in [-0.1, -0.05) is 12.1 Å². The van der Waals surface area contributed by atoms with Gasteiger partial charge in [0.2, 0.25) is 0 Å². The summed E-state index contributed by atoms with van der Waals surface area (Å²) in [5, 5.41) is 5.74. The van der Waals surface area contributed by atoms with Crippen LogP contribution in [0.25, 0.3) is 10.2 Å². The molecule has 0 saturated carbocycles. The van der Waals surface area contributed by atoms with Crippen molar-refractivity contribution in [2.24, 2.45) is 0 Å². The summed E-state index contributed by atoms with van der Waals surface area (Å²) in [4.78, 5) is 42.1. The highest BCUT2D eigenvalue weighted by molar-refractivity contribution is 7.20. The predicted octanol–water partition coefficient (Wildman–Crippen LogP) is 3.60.